The van der Waals surface area contributed by atoms with E-state index < -0.39 is 0 Å². The molecule has 6 heteroatoms. The second-order valence-corrected chi connectivity index (χ2v) is 4.69. The van der Waals surface area contributed by atoms with Gasteiger partial charge in [-0.1, -0.05) is 0 Å². The zero-order valence-corrected chi connectivity index (χ0v) is 11.0. The molecule has 0 aliphatic carbocycles. The maximum atomic E-state index is 5.52. The van der Waals surface area contributed by atoms with Crippen molar-refractivity contribution in [2.45, 2.75) is 32.8 Å². The summed E-state index contributed by atoms with van der Waals surface area (Å²) in [5, 5.41) is 14.0. The van der Waals surface area contributed by atoms with E-state index in [1.54, 1.807) is 0 Å². The molecule has 0 amide bonds. The minimum absolute atomic E-state index is 0.293. The fraction of sp³-hybridized carbons (Fsp3) is 0.636. The summed E-state index contributed by atoms with van der Waals surface area (Å²) < 4.78 is 5.52. The first kappa shape index (κ1) is 12.3. The van der Waals surface area contributed by atoms with Crippen molar-refractivity contribution in [2.75, 3.05) is 18.5 Å². The summed E-state index contributed by atoms with van der Waals surface area (Å²) >= 11 is 5.24. The highest BCUT2D eigenvalue weighted by molar-refractivity contribution is 7.80. The minimum atomic E-state index is 0.293. The Kier molecular flexibility index (Phi) is 3.96. The Hall–Kier alpha value is -1.14. The SMILES string of the molecule is Cc1n[nH]c(C)c1NC(=S)NC[C@@H]1CCCO1. The van der Waals surface area contributed by atoms with Gasteiger partial charge in [0.1, 0.15) is 0 Å². The molecule has 0 radical (unpaired) electrons. The number of hydrogen-bond acceptors (Lipinski definition) is 3. The van der Waals surface area contributed by atoms with Crippen molar-refractivity contribution in [2.24, 2.45) is 0 Å². The van der Waals surface area contributed by atoms with Gasteiger partial charge in [0.2, 0.25) is 0 Å². The van der Waals surface area contributed by atoms with Crippen molar-refractivity contribution in [1.29, 1.82) is 0 Å². The van der Waals surface area contributed by atoms with Crippen LogP contribution in [-0.2, 0) is 4.74 Å². The standard InChI is InChI=1S/C11H18N4OS/c1-7-10(8(2)15-14-7)13-11(17)12-6-9-4-3-5-16-9/h9H,3-6H2,1-2H3,(H,14,15)(H2,12,13,17)/t9-/m0/s1. The van der Waals surface area contributed by atoms with Crippen molar-refractivity contribution < 1.29 is 4.74 Å². The largest absolute Gasteiger partial charge is 0.376 e. The van der Waals surface area contributed by atoms with Crippen molar-refractivity contribution >= 4 is 23.0 Å². The van der Waals surface area contributed by atoms with Crippen LogP contribution in [0.2, 0.25) is 0 Å². The van der Waals surface area contributed by atoms with Gasteiger partial charge in [0.15, 0.2) is 5.11 Å². The number of H-pyrrole nitrogens is 1. The lowest BCUT2D eigenvalue weighted by atomic mass is 10.2. The lowest BCUT2D eigenvalue weighted by Gasteiger charge is -2.14. The highest BCUT2D eigenvalue weighted by Crippen LogP contribution is 2.16. The van der Waals surface area contributed by atoms with Gasteiger partial charge in [-0.3, -0.25) is 5.10 Å². The average Bonchev–Trinajstić information content (AvgIpc) is 2.91. The molecule has 1 aliphatic heterocycles. The number of rotatable bonds is 3. The molecule has 3 N–H and O–H groups in total. The Morgan fingerprint density at radius 3 is 3.00 bits per heavy atom. The third-order valence-corrected chi connectivity index (χ3v) is 3.13. The molecular weight excluding hydrogens is 236 g/mol. The molecule has 2 heterocycles. The molecule has 94 valence electrons. The fourth-order valence-electron chi connectivity index (χ4n) is 1.90. The zero-order chi connectivity index (χ0) is 12.3. The van der Waals surface area contributed by atoms with Crippen molar-refractivity contribution in [1.82, 2.24) is 15.5 Å². The van der Waals surface area contributed by atoms with E-state index in [0.29, 0.717) is 11.2 Å². The van der Waals surface area contributed by atoms with Crippen LogP contribution < -0.4 is 10.6 Å². The van der Waals surface area contributed by atoms with Crippen molar-refractivity contribution in [3.63, 3.8) is 0 Å². The summed E-state index contributed by atoms with van der Waals surface area (Å²) in [6.07, 6.45) is 2.55. The molecule has 2 rings (SSSR count). The van der Waals surface area contributed by atoms with Crippen LogP contribution in [0.15, 0.2) is 0 Å². The van der Waals surface area contributed by atoms with Crippen LogP contribution in [-0.4, -0.2) is 34.6 Å². The van der Waals surface area contributed by atoms with Gasteiger partial charge in [-0.15, -0.1) is 0 Å². The van der Waals surface area contributed by atoms with Crippen molar-refractivity contribution in [3.05, 3.63) is 11.4 Å². The highest BCUT2D eigenvalue weighted by Gasteiger charge is 2.15. The Bertz CT molecular complexity index is 379. The molecule has 1 aromatic heterocycles. The molecule has 17 heavy (non-hydrogen) atoms. The topological polar surface area (TPSA) is 62.0 Å². The number of ether oxygens (including phenoxy) is 1. The van der Waals surface area contributed by atoms with Gasteiger partial charge in [-0.05, 0) is 38.9 Å². The summed E-state index contributed by atoms with van der Waals surface area (Å²) in [7, 11) is 0. The first-order valence-electron chi connectivity index (χ1n) is 5.85. The van der Waals surface area contributed by atoms with E-state index >= 15 is 0 Å². The number of hydrogen-bond donors (Lipinski definition) is 3. The van der Waals surface area contributed by atoms with Crippen LogP contribution in [0.5, 0.6) is 0 Å². The molecule has 1 aliphatic rings. The predicted molar refractivity (Wildman–Crippen MR) is 71.3 cm³/mol. The normalized spacial score (nSPS) is 19.3. The van der Waals surface area contributed by atoms with Crippen LogP contribution in [0.25, 0.3) is 0 Å². The van der Waals surface area contributed by atoms with E-state index in [1.807, 2.05) is 13.8 Å². The molecule has 0 spiro atoms. The van der Waals surface area contributed by atoms with Gasteiger partial charge < -0.3 is 15.4 Å². The summed E-state index contributed by atoms with van der Waals surface area (Å²) in [6, 6.07) is 0. The smallest absolute Gasteiger partial charge is 0.170 e. The molecule has 1 fully saturated rings. The maximum Gasteiger partial charge on any atom is 0.170 e. The minimum Gasteiger partial charge on any atom is -0.376 e. The molecule has 1 atom stereocenters. The lowest BCUT2D eigenvalue weighted by Crippen LogP contribution is -2.35. The van der Waals surface area contributed by atoms with E-state index in [2.05, 4.69) is 20.8 Å². The van der Waals surface area contributed by atoms with Gasteiger partial charge in [0, 0.05) is 13.2 Å². The van der Waals surface area contributed by atoms with E-state index in [-0.39, 0.29) is 0 Å². The maximum absolute atomic E-state index is 5.52. The van der Waals surface area contributed by atoms with E-state index in [4.69, 9.17) is 17.0 Å². The third-order valence-electron chi connectivity index (χ3n) is 2.88. The summed E-state index contributed by atoms with van der Waals surface area (Å²) in [5.74, 6) is 0. The molecule has 0 saturated carbocycles. The van der Waals surface area contributed by atoms with Gasteiger partial charge in [-0.2, -0.15) is 5.10 Å². The zero-order valence-electron chi connectivity index (χ0n) is 10.2. The number of anilines is 1. The van der Waals surface area contributed by atoms with Crippen LogP contribution in [0.3, 0.4) is 0 Å². The summed E-state index contributed by atoms with van der Waals surface area (Å²) in [5.41, 5.74) is 2.86. The Balaban J connectivity index is 1.80. The number of thiocarbonyl (C=S) groups is 1. The molecule has 1 aromatic rings. The second-order valence-electron chi connectivity index (χ2n) is 4.28. The molecule has 1 saturated heterocycles. The fourth-order valence-corrected chi connectivity index (χ4v) is 2.09. The first-order valence-corrected chi connectivity index (χ1v) is 6.25. The number of aromatic nitrogens is 2. The van der Waals surface area contributed by atoms with Crippen LogP contribution in [0.4, 0.5) is 5.69 Å². The van der Waals surface area contributed by atoms with Gasteiger partial charge >= 0.3 is 0 Å². The van der Waals surface area contributed by atoms with Crippen LogP contribution >= 0.6 is 12.2 Å². The number of aryl methyl sites for hydroxylation is 2. The number of nitrogens with one attached hydrogen (secondary N) is 3. The molecule has 0 unspecified atom stereocenters. The van der Waals surface area contributed by atoms with Crippen LogP contribution in [0.1, 0.15) is 24.2 Å². The molecule has 0 aromatic carbocycles. The van der Waals surface area contributed by atoms with Gasteiger partial charge in [0.25, 0.3) is 0 Å². The molecular formula is C11H18N4OS. The van der Waals surface area contributed by atoms with E-state index in [9.17, 15) is 0 Å². The average molecular weight is 254 g/mol. The number of aromatic amines is 1. The van der Waals surface area contributed by atoms with E-state index in [0.717, 1.165) is 43.1 Å². The summed E-state index contributed by atoms with van der Waals surface area (Å²) in [4.78, 5) is 0. The molecule has 5 nitrogen and oxygen atoms in total. The predicted octanol–water partition coefficient (Wildman–Crippen LogP) is 1.49. The number of nitrogens with zero attached hydrogens (tertiary/aromatic N) is 1. The lowest BCUT2D eigenvalue weighted by molar-refractivity contribution is 0.114. The molecule has 0 bridgehead atoms. The van der Waals surface area contributed by atoms with Crippen molar-refractivity contribution in [3.8, 4) is 0 Å². The quantitative estimate of drug-likeness (QED) is 0.713. The second kappa shape index (κ2) is 5.46. The van der Waals surface area contributed by atoms with Crippen LogP contribution in [0, 0.1) is 13.8 Å². The first-order chi connectivity index (χ1) is 8.16. The summed E-state index contributed by atoms with van der Waals surface area (Å²) in [6.45, 7) is 5.54. The Labute approximate surface area is 106 Å². The highest BCUT2D eigenvalue weighted by atomic mass is 32.1. The van der Waals surface area contributed by atoms with Gasteiger partial charge in [0.05, 0.1) is 23.2 Å². The Morgan fingerprint density at radius 2 is 2.41 bits per heavy atom. The van der Waals surface area contributed by atoms with E-state index in [1.165, 1.54) is 0 Å². The Morgan fingerprint density at radius 1 is 1.59 bits per heavy atom. The monoisotopic (exact) mass is 254 g/mol. The van der Waals surface area contributed by atoms with Gasteiger partial charge in [-0.25, -0.2) is 0 Å². The third kappa shape index (κ3) is 3.17.